The molecule has 0 aliphatic carbocycles. The molecule has 2 aromatic heterocycles. The molecule has 0 aliphatic rings. The lowest BCUT2D eigenvalue weighted by atomic mass is 9.87. The Bertz CT molecular complexity index is 1000. The Balaban J connectivity index is 1.50. The van der Waals surface area contributed by atoms with E-state index >= 15 is 0 Å². The van der Waals surface area contributed by atoms with E-state index in [0.717, 1.165) is 11.2 Å². The van der Waals surface area contributed by atoms with Gasteiger partial charge in [0, 0.05) is 18.0 Å². The molecule has 0 radical (unpaired) electrons. The summed E-state index contributed by atoms with van der Waals surface area (Å²) in [5.41, 5.74) is 3.16. The van der Waals surface area contributed by atoms with Crippen molar-refractivity contribution in [1.82, 2.24) is 20.0 Å². The summed E-state index contributed by atoms with van der Waals surface area (Å²) in [5, 5.41) is 5.99. The van der Waals surface area contributed by atoms with Gasteiger partial charge in [-0.05, 0) is 35.2 Å². The van der Waals surface area contributed by atoms with Gasteiger partial charge in [-0.2, -0.15) is 0 Å². The highest BCUT2D eigenvalue weighted by atomic mass is 35.5. The molecule has 0 unspecified atom stereocenters. The molecule has 0 aliphatic heterocycles. The van der Waals surface area contributed by atoms with E-state index in [2.05, 4.69) is 36.4 Å². The van der Waals surface area contributed by atoms with E-state index in [0.29, 0.717) is 16.3 Å². The van der Waals surface area contributed by atoms with Gasteiger partial charge in [0.15, 0.2) is 0 Å². The standard InChI is InChI=1S/C21H23ClN4O2/c1-21(2,3)15-6-4-14(5-7-15)20(28)24-11-19(27)23-10-17-13-26-12-16(22)8-9-18(26)25-17/h4-9,12-13H,10-11H2,1-3H3,(H,23,27)(H,24,28). The SMILES string of the molecule is CC(C)(C)c1ccc(C(=O)NCC(=O)NCc2cn3cc(Cl)ccc3n2)cc1. The molecule has 146 valence electrons. The number of hydrogen-bond donors (Lipinski definition) is 2. The van der Waals surface area contributed by atoms with Crippen LogP contribution in [0.3, 0.4) is 0 Å². The smallest absolute Gasteiger partial charge is 0.251 e. The van der Waals surface area contributed by atoms with Gasteiger partial charge in [0.05, 0.1) is 23.8 Å². The molecule has 7 heteroatoms. The monoisotopic (exact) mass is 398 g/mol. The van der Waals surface area contributed by atoms with Gasteiger partial charge >= 0.3 is 0 Å². The molecular weight excluding hydrogens is 376 g/mol. The minimum atomic E-state index is -0.283. The van der Waals surface area contributed by atoms with Crippen molar-refractivity contribution < 1.29 is 9.59 Å². The van der Waals surface area contributed by atoms with E-state index in [-0.39, 0.29) is 30.3 Å². The van der Waals surface area contributed by atoms with E-state index in [1.807, 2.05) is 12.1 Å². The Morgan fingerprint density at radius 2 is 1.75 bits per heavy atom. The predicted octanol–water partition coefficient (Wildman–Crippen LogP) is 3.33. The lowest BCUT2D eigenvalue weighted by molar-refractivity contribution is -0.120. The summed E-state index contributed by atoms with van der Waals surface area (Å²) in [6, 6.07) is 11.0. The molecule has 6 nitrogen and oxygen atoms in total. The van der Waals surface area contributed by atoms with Crippen LogP contribution in [-0.2, 0) is 16.8 Å². The third kappa shape index (κ3) is 4.89. The van der Waals surface area contributed by atoms with E-state index < -0.39 is 0 Å². The number of amides is 2. The molecule has 0 spiro atoms. The second kappa shape index (κ2) is 8.02. The van der Waals surface area contributed by atoms with Gasteiger partial charge in [-0.15, -0.1) is 0 Å². The first kappa shape index (κ1) is 19.9. The first-order valence-corrected chi connectivity index (χ1v) is 9.39. The number of pyridine rings is 1. The van der Waals surface area contributed by atoms with Gasteiger partial charge in [0.25, 0.3) is 5.91 Å². The zero-order chi connectivity index (χ0) is 20.3. The molecule has 3 aromatic rings. The second-order valence-electron chi connectivity index (χ2n) is 7.63. The van der Waals surface area contributed by atoms with Gasteiger partial charge < -0.3 is 15.0 Å². The van der Waals surface area contributed by atoms with Gasteiger partial charge in [0.1, 0.15) is 5.65 Å². The van der Waals surface area contributed by atoms with Crippen molar-refractivity contribution in [3.8, 4) is 0 Å². The van der Waals surface area contributed by atoms with Crippen LogP contribution < -0.4 is 10.6 Å². The summed E-state index contributed by atoms with van der Waals surface area (Å²) in [5.74, 6) is -0.562. The number of nitrogens with one attached hydrogen (secondary N) is 2. The van der Waals surface area contributed by atoms with Crippen LogP contribution >= 0.6 is 11.6 Å². The number of carbonyl (C=O) groups is 2. The van der Waals surface area contributed by atoms with E-state index in [1.54, 1.807) is 41.1 Å². The van der Waals surface area contributed by atoms with Crippen molar-refractivity contribution in [2.75, 3.05) is 6.54 Å². The highest BCUT2D eigenvalue weighted by molar-refractivity contribution is 6.30. The van der Waals surface area contributed by atoms with Crippen molar-refractivity contribution in [3.63, 3.8) is 0 Å². The van der Waals surface area contributed by atoms with Crippen LogP contribution in [0.1, 0.15) is 42.4 Å². The first-order valence-electron chi connectivity index (χ1n) is 9.01. The number of nitrogens with zero attached hydrogens (tertiary/aromatic N) is 2. The molecule has 3 rings (SSSR count). The summed E-state index contributed by atoms with van der Waals surface area (Å²) in [7, 11) is 0. The minimum absolute atomic E-state index is 0.0259. The normalized spacial score (nSPS) is 11.4. The summed E-state index contributed by atoms with van der Waals surface area (Å²) >= 11 is 5.95. The fourth-order valence-corrected chi connectivity index (χ4v) is 2.91. The lowest BCUT2D eigenvalue weighted by Crippen LogP contribution is -2.36. The third-order valence-corrected chi connectivity index (χ3v) is 4.58. The lowest BCUT2D eigenvalue weighted by Gasteiger charge is -2.19. The summed E-state index contributed by atoms with van der Waals surface area (Å²) in [4.78, 5) is 28.6. The Morgan fingerprint density at radius 3 is 2.43 bits per heavy atom. The maximum atomic E-state index is 12.2. The third-order valence-electron chi connectivity index (χ3n) is 4.35. The van der Waals surface area contributed by atoms with Gasteiger partial charge in [-0.3, -0.25) is 9.59 Å². The van der Waals surface area contributed by atoms with Gasteiger partial charge in [-0.25, -0.2) is 4.98 Å². The molecule has 2 heterocycles. The molecular formula is C21H23ClN4O2. The van der Waals surface area contributed by atoms with E-state index in [1.165, 1.54) is 0 Å². The largest absolute Gasteiger partial charge is 0.349 e. The van der Waals surface area contributed by atoms with Crippen molar-refractivity contribution in [3.05, 3.63) is 70.6 Å². The highest BCUT2D eigenvalue weighted by Gasteiger charge is 2.14. The zero-order valence-corrected chi connectivity index (χ0v) is 16.9. The molecule has 0 atom stereocenters. The summed E-state index contributed by atoms with van der Waals surface area (Å²) in [6.07, 6.45) is 3.55. The number of aromatic nitrogens is 2. The molecule has 1 aromatic carbocycles. The molecule has 28 heavy (non-hydrogen) atoms. The average molecular weight is 399 g/mol. The second-order valence-corrected chi connectivity index (χ2v) is 8.07. The highest BCUT2D eigenvalue weighted by Crippen LogP contribution is 2.22. The summed E-state index contributed by atoms with van der Waals surface area (Å²) in [6.45, 7) is 6.52. The van der Waals surface area contributed by atoms with Gasteiger partial charge in [-0.1, -0.05) is 44.5 Å². The van der Waals surface area contributed by atoms with Crippen LogP contribution in [0.2, 0.25) is 5.02 Å². The molecule has 0 bridgehead atoms. The van der Waals surface area contributed by atoms with Crippen LogP contribution in [0.4, 0.5) is 0 Å². The number of hydrogen-bond acceptors (Lipinski definition) is 3. The Morgan fingerprint density at radius 1 is 1.04 bits per heavy atom. The van der Waals surface area contributed by atoms with Crippen molar-refractivity contribution >= 4 is 29.1 Å². The quantitative estimate of drug-likeness (QED) is 0.692. The van der Waals surface area contributed by atoms with Gasteiger partial charge in [0.2, 0.25) is 5.91 Å². The van der Waals surface area contributed by atoms with Crippen LogP contribution in [0, 0.1) is 0 Å². The van der Waals surface area contributed by atoms with Crippen LogP contribution in [0.25, 0.3) is 5.65 Å². The first-order chi connectivity index (χ1) is 13.2. The number of carbonyl (C=O) groups excluding carboxylic acids is 2. The predicted molar refractivity (Wildman–Crippen MR) is 110 cm³/mol. The Labute approximate surface area is 168 Å². The minimum Gasteiger partial charge on any atom is -0.349 e. The number of imidazole rings is 1. The van der Waals surface area contributed by atoms with Crippen molar-refractivity contribution in [2.45, 2.75) is 32.7 Å². The van der Waals surface area contributed by atoms with E-state index in [9.17, 15) is 9.59 Å². The fourth-order valence-electron chi connectivity index (χ4n) is 2.74. The van der Waals surface area contributed by atoms with E-state index in [4.69, 9.17) is 11.6 Å². The zero-order valence-electron chi connectivity index (χ0n) is 16.1. The van der Waals surface area contributed by atoms with Crippen molar-refractivity contribution in [2.24, 2.45) is 0 Å². The Hall–Kier alpha value is -2.86. The van der Waals surface area contributed by atoms with Crippen LogP contribution in [0.5, 0.6) is 0 Å². The molecule has 0 saturated heterocycles. The number of rotatable bonds is 5. The topological polar surface area (TPSA) is 75.5 Å². The molecule has 2 amide bonds. The summed E-state index contributed by atoms with van der Waals surface area (Å²) < 4.78 is 1.80. The Kier molecular flexibility index (Phi) is 5.70. The fraction of sp³-hybridized carbons (Fsp3) is 0.286. The molecule has 0 fully saturated rings. The maximum absolute atomic E-state index is 12.2. The van der Waals surface area contributed by atoms with Crippen LogP contribution in [0.15, 0.2) is 48.8 Å². The number of fused-ring (bicyclic) bond motifs is 1. The molecule has 2 N–H and O–H groups in total. The molecule has 0 saturated carbocycles. The maximum Gasteiger partial charge on any atom is 0.251 e. The number of benzene rings is 1. The number of halogens is 1. The van der Waals surface area contributed by atoms with Crippen molar-refractivity contribution in [1.29, 1.82) is 0 Å². The van der Waals surface area contributed by atoms with Crippen LogP contribution in [-0.4, -0.2) is 27.7 Å². The average Bonchev–Trinajstić information content (AvgIpc) is 3.05.